The molecule has 3 aromatic heterocycles. The zero-order chi connectivity index (χ0) is 18.1. The Morgan fingerprint density at radius 3 is 2.81 bits per heavy atom. The predicted octanol–water partition coefficient (Wildman–Crippen LogP) is 2.48. The molecule has 1 aliphatic heterocycles. The van der Waals surface area contributed by atoms with Crippen molar-refractivity contribution in [3.05, 3.63) is 35.9 Å². The maximum atomic E-state index is 12.5. The molecular weight excluding hydrogens is 332 g/mol. The van der Waals surface area contributed by atoms with Crippen LogP contribution in [0.5, 0.6) is 0 Å². The Hall–Kier alpha value is -3.03. The van der Waals surface area contributed by atoms with Gasteiger partial charge in [-0.15, -0.1) is 0 Å². The summed E-state index contributed by atoms with van der Waals surface area (Å²) in [5.41, 5.74) is 2.35. The monoisotopic (exact) mass is 352 g/mol. The molecule has 0 unspecified atom stereocenters. The molecule has 134 valence electrons. The van der Waals surface area contributed by atoms with Gasteiger partial charge in [-0.1, -0.05) is 5.16 Å². The minimum Gasteiger partial charge on any atom is -0.356 e. The summed E-state index contributed by atoms with van der Waals surface area (Å²) in [5, 5.41) is 7.74. The molecule has 0 radical (unpaired) electrons. The number of anilines is 2. The number of carbonyl (C=O) groups is 1. The van der Waals surface area contributed by atoms with Gasteiger partial charge in [0.1, 0.15) is 23.3 Å². The zero-order valence-electron chi connectivity index (χ0n) is 14.8. The molecule has 8 nitrogen and oxygen atoms in total. The summed E-state index contributed by atoms with van der Waals surface area (Å²) in [6.07, 6.45) is 4.71. The second kappa shape index (κ2) is 6.70. The average molecular weight is 352 g/mol. The Bertz CT molecular complexity index is 946. The van der Waals surface area contributed by atoms with E-state index in [1.54, 1.807) is 6.20 Å². The molecule has 1 aliphatic rings. The van der Waals surface area contributed by atoms with Crippen LogP contribution in [-0.2, 0) is 4.79 Å². The summed E-state index contributed by atoms with van der Waals surface area (Å²) in [7, 11) is 0. The molecule has 4 rings (SSSR count). The fourth-order valence-electron chi connectivity index (χ4n) is 3.33. The van der Waals surface area contributed by atoms with Crippen molar-refractivity contribution in [1.82, 2.24) is 20.1 Å². The van der Waals surface area contributed by atoms with Gasteiger partial charge >= 0.3 is 0 Å². The first-order valence-corrected chi connectivity index (χ1v) is 8.67. The minimum atomic E-state index is -0.0329. The Labute approximate surface area is 150 Å². The van der Waals surface area contributed by atoms with E-state index >= 15 is 0 Å². The molecule has 8 heteroatoms. The maximum Gasteiger partial charge on any atom is 0.263 e. The van der Waals surface area contributed by atoms with Crippen molar-refractivity contribution in [3.63, 3.8) is 0 Å². The first-order chi connectivity index (χ1) is 12.6. The number of carbonyl (C=O) groups excluding carboxylic acids is 1. The highest BCUT2D eigenvalue weighted by Crippen LogP contribution is 2.29. The van der Waals surface area contributed by atoms with Crippen LogP contribution in [0.4, 0.5) is 11.6 Å². The molecule has 1 N–H and O–H groups in total. The van der Waals surface area contributed by atoms with Crippen molar-refractivity contribution in [3.8, 4) is 0 Å². The number of rotatable bonds is 3. The molecule has 4 heterocycles. The van der Waals surface area contributed by atoms with Gasteiger partial charge < -0.3 is 14.7 Å². The average Bonchev–Trinajstić information content (AvgIpc) is 3.03. The van der Waals surface area contributed by atoms with Crippen LogP contribution >= 0.6 is 0 Å². The first-order valence-electron chi connectivity index (χ1n) is 8.67. The van der Waals surface area contributed by atoms with E-state index in [4.69, 9.17) is 4.52 Å². The van der Waals surface area contributed by atoms with Crippen LogP contribution in [0.3, 0.4) is 0 Å². The Morgan fingerprint density at radius 2 is 2.04 bits per heavy atom. The normalized spacial score (nSPS) is 15.4. The van der Waals surface area contributed by atoms with Crippen molar-refractivity contribution in [2.24, 2.45) is 5.92 Å². The number of piperidine rings is 1. The Morgan fingerprint density at radius 1 is 1.23 bits per heavy atom. The molecule has 0 spiro atoms. The van der Waals surface area contributed by atoms with Gasteiger partial charge in [0.05, 0.1) is 5.69 Å². The molecule has 1 amide bonds. The minimum absolute atomic E-state index is 0.0248. The van der Waals surface area contributed by atoms with Gasteiger partial charge in [0.15, 0.2) is 0 Å². The lowest BCUT2D eigenvalue weighted by molar-refractivity contribution is -0.120. The number of nitrogens with one attached hydrogen (secondary N) is 1. The molecule has 1 fully saturated rings. The van der Waals surface area contributed by atoms with E-state index in [9.17, 15) is 4.79 Å². The van der Waals surface area contributed by atoms with Gasteiger partial charge in [-0.3, -0.25) is 4.79 Å². The van der Waals surface area contributed by atoms with Gasteiger partial charge in [0, 0.05) is 25.2 Å². The van der Waals surface area contributed by atoms with E-state index < -0.39 is 0 Å². The van der Waals surface area contributed by atoms with E-state index in [1.807, 2.05) is 26.0 Å². The van der Waals surface area contributed by atoms with Gasteiger partial charge in [-0.05, 0) is 44.4 Å². The molecular formula is C18H20N6O2. The first kappa shape index (κ1) is 16.4. The number of hydrogen-bond acceptors (Lipinski definition) is 7. The van der Waals surface area contributed by atoms with Gasteiger partial charge in [-0.25, -0.2) is 9.97 Å². The molecule has 0 aromatic carbocycles. The number of pyridine rings is 1. The summed E-state index contributed by atoms with van der Waals surface area (Å²) in [4.78, 5) is 27.4. The lowest BCUT2D eigenvalue weighted by Crippen LogP contribution is -2.38. The molecule has 1 saturated heterocycles. The SMILES string of the molecule is Cc1ccnc(NC(=O)C2CCN(c3ncnc4onc(C)c34)CC2)c1. The van der Waals surface area contributed by atoms with Crippen LogP contribution in [0.25, 0.3) is 11.1 Å². The van der Waals surface area contributed by atoms with E-state index in [-0.39, 0.29) is 11.8 Å². The number of nitrogens with zero attached hydrogens (tertiary/aromatic N) is 5. The van der Waals surface area contributed by atoms with Crippen molar-refractivity contribution < 1.29 is 9.32 Å². The quantitative estimate of drug-likeness (QED) is 0.773. The Kier molecular flexibility index (Phi) is 4.24. The molecule has 3 aromatic rings. The van der Waals surface area contributed by atoms with E-state index in [2.05, 4.69) is 30.3 Å². The third kappa shape index (κ3) is 3.10. The molecule has 0 atom stereocenters. The van der Waals surface area contributed by atoms with Crippen molar-refractivity contribution >= 4 is 28.6 Å². The van der Waals surface area contributed by atoms with Crippen molar-refractivity contribution in [2.75, 3.05) is 23.3 Å². The van der Waals surface area contributed by atoms with E-state index in [1.165, 1.54) is 6.33 Å². The number of hydrogen-bond donors (Lipinski definition) is 1. The highest BCUT2D eigenvalue weighted by molar-refractivity contribution is 5.92. The second-order valence-electron chi connectivity index (χ2n) is 6.61. The topological polar surface area (TPSA) is 97.0 Å². The van der Waals surface area contributed by atoms with Crippen LogP contribution in [0.1, 0.15) is 24.1 Å². The molecule has 0 aliphatic carbocycles. The third-order valence-electron chi connectivity index (χ3n) is 4.76. The smallest absolute Gasteiger partial charge is 0.263 e. The fraction of sp³-hybridized carbons (Fsp3) is 0.389. The van der Waals surface area contributed by atoms with Gasteiger partial charge in [-0.2, -0.15) is 4.98 Å². The summed E-state index contributed by atoms with van der Waals surface area (Å²) in [6.45, 7) is 5.35. The summed E-state index contributed by atoms with van der Waals surface area (Å²) in [5.74, 6) is 1.43. The third-order valence-corrected chi connectivity index (χ3v) is 4.76. The van der Waals surface area contributed by atoms with E-state index in [0.29, 0.717) is 11.5 Å². The molecule has 0 bridgehead atoms. The maximum absolute atomic E-state index is 12.5. The van der Waals surface area contributed by atoms with Crippen molar-refractivity contribution in [1.29, 1.82) is 0 Å². The number of fused-ring (bicyclic) bond motifs is 1. The van der Waals surface area contributed by atoms with Crippen LogP contribution < -0.4 is 10.2 Å². The second-order valence-corrected chi connectivity index (χ2v) is 6.61. The van der Waals surface area contributed by atoms with Gasteiger partial charge in [0.25, 0.3) is 5.71 Å². The highest BCUT2D eigenvalue weighted by Gasteiger charge is 2.27. The predicted molar refractivity (Wildman–Crippen MR) is 96.9 cm³/mol. The number of aromatic nitrogens is 4. The van der Waals surface area contributed by atoms with E-state index in [0.717, 1.165) is 48.4 Å². The summed E-state index contributed by atoms with van der Waals surface area (Å²) >= 11 is 0. The summed E-state index contributed by atoms with van der Waals surface area (Å²) in [6, 6.07) is 3.78. The number of aryl methyl sites for hydroxylation is 2. The zero-order valence-corrected chi connectivity index (χ0v) is 14.8. The highest BCUT2D eigenvalue weighted by atomic mass is 16.5. The van der Waals surface area contributed by atoms with Crippen LogP contribution in [-0.4, -0.2) is 39.1 Å². The van der Waals surface area contributed by atoms with Gasteiger partial charge in [0.2, 0.25) is 5.91 Å². The molecule has 26 heavy (non-hydrogen) atoms. The largest absolute Gasteiger partial charge is 0.356 e. The lowest BCUT2D eigenvalue weighted by Gasteiger charge is -2.32. The van der Waals surface area contributed by atoms with Crippen molar-refractivity contribution in [2.45, 2.75) is 26.7 Å². The standard InChI is InChI=1S/C18H20N6O2/c1-11-3-6-19-14(9-11)22-17(25)13-4-7-24(8-5-13)16-15-12(2)23-26-18(15)21-10-20-16/h3,6,9-10,13H,4-5,7-8H2,1-2H3,(H,19,22,25). The van der Waals surface area contributed by atoms with Crippen LogP contribution in [0.2, 0.25) is 0 Å². The lowest BCUT2D eigenvalue weighted by atomic mass is 9.95. The summed E-state index contributed by atoms with van der Waals surface area (Å²) < 4.78 is 5.22. The molecule has 0 saturated carbocycles. The fourth-order valence-corrected chi connectivity index (χ4v) is 3.33. The van der Waals surface area contributed by atoms with Crippen LogP contribution in [0, 0.1) is 19.8 Å². The Balaban J connectivity index is 1.44. The van der Waals surface area contributed by atoms with Crippen LogP contribution in [0.15, 0.2) is 29.2 Å². The number of amides is 1.